The van der Waals surface area contributed by atoms with E-state index in [0.717, 1.165) is 11.1 Å². The van der Waals surface area contributed by atoms with Crippen LogP contribution < -0.4 is 5.73 Å². The Morgan fingerprint density at radius 1 is 1.25 bits per heavy atom. The predicted molar refractivity (Wildman–Crippen MR) is 45.3 cm³/mol. The number of hydrogen-bond acceptors (Lipinski definition) is 2. The molecule has 12 heavy (non-hydrogen) atoms. The minimum Gasteiger partial charge on any atom is -0.392 e. The molecule has 3 N–H and O–H groups in total. The molecule has 1 amide bonds. The number of nitrogens with two attached hydrogens (primary N) is 1. The summed E-state index contributed by atoms with van der Waals surface area (Å²) in [5.74, 6) is -0.341. The first-order valence-corrected chi connectivity index (χ1v) is 3.69. The van der Waals surface area contributed by atoms with Crippen LogP contribution in [0.25, 0.3) is 0 Å². The van der Waals surface area contributed by atoms with Gasteiger partial charge in [-0.2, -0.15) is 0 Å². The van der Waals surface area contributed by atoms with Crippen molar-refractivity contribution in [2.24, 2.45) is 5.73 Å². The summed E-state index contributed by atoms with van der Waals surface area (Å²) < 4.78 is 0. The molecule has 0 aliphatic carbocycles. The Morgan fingerprint density at radius 2 is 1.75 bits per heavy atom. The summed E-state index contributed by atoms with van der Waals surface area (Å²) in [6, 6.07) is 7.13. The highest BCUT2D eigenvalue weighted by molar-refractivity contribution is 5.76. The Morgan fingerprint density at radius 3 is 2.17 bits per heavy atom. The van der Waals surface area contributed by atoms with Crippen molar-refractivity contribution in [3.63, 3.8) is 0 Å². The summed E-state index contributed by atoms with van der Waals surface area (Å²) in [6.45, 7) is 0.0247. The molecule has 0 fully saturated rings. The SMILES string of the molecule is NC(=O)Cc1ccc(CO)cc1. The Balaban J connectivity index is 2.71. The smallest absolute Gasteiger partial charge is 0.221 e. The van der Waals surface area contributed by atoms with E-state index in [1.165, 1.54) is 0 Å². The lowest BCUT2D eigenvalue weighted by molar-refractivity contribution is -0.117. The van der Waals surface area contributed by atoms with E-state index in [1.54, 1.807) is 24.3 Å². The molecule has 0 atom stereocenters. The van der Waals surface area contributed by atoms with E-state index in [-0.39, 0.29) is 18.9 Å². The first-order chi connectivity index (χ1) is 5.72. The second-order valence-corrected chi connectivity index (χ2v) is 2.62. The van der Waals surface area contributed by atoms with Gasteiger partial charge >= 0.3 is 0 Å². The molecule has 3 heteroatoms. The standard InChI is InChI=1S/C9H11NO2/c10-9(12)5-7-1-3-8(6-11)4-2-7/h1-4,11H,5-6H2,(H2,10,12). The summed E-state index contributed by atoms with van der Waals surface area (Å²) in [5, 5.41) is 8.72. The van der Waals surface area contributed by atoms with Crippen molar-refractivity contribution < 1.29 is 9.90 Å². The van der Waals surface area contributed by atoms with Crippen LogP contribution in [0.1, 0.15) is 11.1 Å². The van der Waals surface area contributed by atoms with E-state index in [4.69, 9.17) is 10.8 Å². The molecule has 0 spiro atoms. The lowest BCUT2D eigenvalue weighted by Gasteiger charge is -1.98. The van der Waals surface area contributed by atoms with Crippen molar-refractivity contribution in [3.05, 3.63) is 35.4 Å². The van der Waals surface area contributed by atoms with Gasteiger partial charge in [0.1, 0.15) is 0 Å². The summed E-state index contributed by atoms with van der Waals surface area (Å²) >= 11 is 0. The summed E-state index contributed by atoms with van der Waals surface area (Å²) in [6.07, 6.45) is 0.256. The number of carbonyl (C=O) groups is 1. The van der Waals surface area contributed by atoms with E-state index in [9.17, 15) is 4.79 Å². The van der Waals surface area contributed by atoms with Crippen LogP contribution in [0.2, 0.25) is 0 Å². The topological polar surface area (TPSA) is 63.3 Å². The Labute approximate surface area is 70.8 Å². The number of primary amides is 1. The number of rotatable bonds is 3. The molecule has 1 aromatic carbocycles. The molecule has 64 valence electrons. The molecule has 0 aromatic heterocycles. The predicted octanol–water partition coefficient (Wildman–Crippen LogP) is 0.207. The molecule has 1 rings (SSSR count). The number of amides is 1. The monoisotopic (exact) mass is 165 g/mol. The molecule has 0 aliphatic heterocycles. The fourth-order valence-electron chi connectivity index (χ4n) is 0.964. The highest BCUT2D eigenvalue weighted by atomic mass is 16.3. The average Bonchev–Trinajstić information content (AvgIpc) is 2.05. The quantitative estimate of drug-likeness (QED) is 0.672. The maximum absolute atomic E-state index is 10.5. The van der Waals surface area contributed by atoms with E-state index >= 15 is 0 Å². The normalized spacial score (nSPS) is 9.75. The van der Waals surface area contributed by atoms with E-state index < -0.39 is 0 Å². The van der Waals surface area contributed by atoms with Gasteiger partial charge in [0.15, 0.2) is 0 Å². The van der Waals surface area contributed by atoms with Crippen LogP contribution in [0, 0.1) is 0 Å². The van der Waals surface area contributed by atoms with Crippen LogP contribution >= 0.6 is 0 Å². The molecule has 0 saturated heterocycles. The number of benzene rings is 1. The molecule has 0 heterocycles. The van der Waals surface area contributed by atoms with Crippen molar-refractivity contribution >= 4 is 5.91 Å². The minimum absolute atomic E-state index is 0.0247. The maximum Gasteiger partial charge on any atom is 0.221 e. The Hall–Kier alpha value is -1.35. The molecule has 0 radical (unpaired) electrons. The van der Waals surface area contributed by atoms with Gasteiger partial charge in [-0.1, -0.05) is 24.3 Å². The second-order valence-electron chi connectivity index (χ2n) is 2.62. The fourth-order valence-corrected chi connectivity index (χ4v) is 0.964. The van der Waals surface area contributed by atoms with Gasteiger partial charge in [-0.15, -0.1) is 0 Å². The van der Waals surface area contributed by atoms with Crippen molar-refractivity contribution in [1.82, 2.24) is 0 Å². The number of aliphatic hydroxyl groups is 1. The lowest BCUT2D eigenvalue weighted by Crippen LogP contribution is -2.13. The van der Waals surface area contributed by atoms with Gasteiger partial charge < -0.3 is 10.8 Å². The molecular weight excluding hydrogens is 154 g/mol. The first-order valence-electron chi connectivity index (χ1n) is 3.69. The highest BCUT2D eigenvalue weighted by Crippen LogP contribution is 2.04. The molecule has 0 aliphatic rings. The maximum atomic E-state index is 10.5. The van der Waals surface area contributed by atoms with Crippen molar-refractivity contribution in [2.45, 2.75) is 13.0 Å². The third-order valence-corrected chi connectivity index (χ3v) is 1.58. The van der Waals surface area contributed by atoms with Gasteiger partial charge in [0.05, 0.1) is 13.0 Å². The van der Waals surface area contributed by atoms with Gasteiger partial charge in [-0.3, -0.25) is 4.79 Å². The van der Waals surface area contributed by atoms with Gasteiger partial charge in [-0.05, 0) is 11.1 Å². The summed E-state index contributed by atoms with van der Waals surface area (Å²) in [5.41, 5.74) is 6.72. The largest absolute Gasteiger partial charge is 0.392 e. The fraction of sp³-hybridized carbons (Fsp3) is 0.222. The van der Waals surface area contributed by atoms with Crippen molar-refractivity contribution in [2.75, 3.05) is 0 Å². The number of aliphatic hydroxyl groups excluding tert-OH is 1. The summed E-state index contributed by atoms with van der Waals surface area (Å²) in [7, 11) is 0. The number of carbonyl (C=O) groups excluding carboxylic acids is 1. The average molecular weight is 165 g/mol. The summed E-state index contributed by atoms with van der Waals surface area (Å²) in [4.78, 5) is 10.5. The highest BCUT2D eigenvalue weighted by Gasteiger charge is 1.97. The molecule has 0 saturated carbocycles. The molecule has 1 aromatic rings. The van der Waals surface area contributed by atoms with Gasteiger partial charge in [0.2, 0.25) is 5.91 Å². The van der Waals surface area contributed by atoms with Gasteiger partial charge in [-0.25, -0.2) is 0 Å². The second kappa shape index (κ2) is 3.88. The number of hydrogen-bond donors (Lipinski definition) is 2. The zero-order valence-electron chi connectivity index (χ0n) is 6.66. The molecule has 3 nitrogen and oxygen atoms in total. The Bertz CT molecular complexity index is 266. The van der Waals surface area contributed by atoms with E-state index in [2.05, 4.69) is 0 Å². The molecule has 0 bridgehead atoms. The zero-order valence-corrected chi connectivity index (χ0v) is 6.66. The zero-order chi connectivity index (χ0) is 8.97. The van der Waals surface area contributed by atoms with Crippen molar-refractivity contribution in [1.29, 1.82) is 0 Å². The van der Waals surface area contributed by atoms with Gasteiger partial charge in [0.25, 0.3) is 0 Å². The third kappa shape index (κ3) is 2.36. The van der Waals surface area contributed by atoms with Crippen LogP contribution in [0.4, 0.5) is 0 Å². The Kier molecular flexibility index (Phi) is 2.82. The third-order valence-electron chi connectivity index (χ3n) is 1.58. The van der Waals surface area contributed by atoms with E-state index in [0.29, 0.717) is 0 Å². The first kappa shape index (κ1) is 8.74. The lowest BCUT2D eigenvalue weighted by atomic mass is 10.1. The van der Waals surface area contributed by atoms with Crippen LogP contribution in [0.15, 0.2) is 24.3 Å². The van der Waals surface area contributed by atoms with Crippen LogP contribution in [0.5, 0.6) is 0 Å². The van der Waals surface area contributed by atoms with Gasteiger partial charge in [0, 0.05) is 0 Å². The van der Waals surface area contributed by atoms with Crippen LogP contribution in [-0.2, 0) is 17.8 Å². The van der Waals surface area contributed by atoms with Crippen LogP contribution in [0.3, 0.4) is 0 Å². The van der Waals surface area contributed by atoms with Crippen molar-refractivity contribution in [3.8, 4) is 0 Å². The minimum atomic E-state index is -0.341. The molecule has 0 unspecified atom stereocenters. The molecular formula is C9H11NO2. The van der Waals surface area contributed by atoms with Crippen LogP contribution in [-0.4, -0.2) is 11.0 Å². The van der Waals surface area contributed by atoms with E-state index in [1.807, 2.05) is 0 Å².